The third kappa shape index (κ3) is 7.17. The van der Waals surface area contributed by atoms with Crippen molar-refractivity contribution in [1.82, 2.24) is 9.88 Å². The molecule has 36 heavy (non-hydrogen) atoms. The quantitative estimate of drug-likeness (QED) is 0.377. The Hall–Kier alpha value is -3.67. The number of amides is 1. The number of nitrogens with zero attached hydrogens (tertiary/aromatic N) is 1. The smallest absolute Gasteiger partial charge is 0.305 e. The predicted octanol–water partition coefficient (Wildman–Crippen LogP) is 5.43. The highest BCUT2D eigenvalue weighted by Gasteiger charge is 2.26. The molecule has 2 aromatic carbocycles. The molecule has 2 N–H and O–H groups in total. The SMILES string of the molecule is CCCCC(C(=O)N[C@@H](CC(=O)O)c1cc(C)cc(C)c1)n1cc(C)cc(Cc2ccccc2)c1=O. The monoisotopic (exact) mass is 488 g/mol. The standard InChI is InChI=1S/C30H36N2O4/c1-5-6-12-27(29(35)31-26(18-28(33)34)24-14-20(2)13-21(3)15-24)32-19-22(4)16-25(30(32)36)17-23-10-8-7-9-11-23/h7-11,13-16,19,26-27H,5-6,12,17-18H2,1-4H3,(H,31,35)(H,33,34)/t26-,27?/m0/s1. The summed E-state index contributed by atoms with van der Waals surface area (Å²) in [6.07, 6.45) is 4.10. The van der Waals surface area contributed by atoms with Crippen molar-refractivity contribution in [3.63, 3.8) is 0 Å². The molecule has 1 aromatic heterocycles. The van der Waals surface area contributed by atoms with Crippen LogP contribution in [0, 0.1) is 20.8 Å². The average Bonchev–Trinajstić information content (AvgIpc) is 2.81. The van der Waals surface area contributed by atoms with Crippen molar-refractivity contribution < 1.29 is 14.7 Å². The van der Waals surface area contributed by atoms with Crippen molar-refractivity contribution in [2.24, 2.45) is 0 Å². The van der Waals surface area contributed by atoms with Crippen molar-refractivity contribution in [3.05, 3.63) is 105 Å². The van der Waals surface area contributed by atoms with Gasteiger partial charge in [-0.05, 0) is 49.9 Å². The fourth-order valence-corrected chi connectivity index (χ4v) is 4.69. The van der Waals surface area contributed by atoms with Crippen LogP contribution in [0.4, 0.5) is 0 Å². The molecule has 0 fully saturated rings. The molecule has 0 spiro atoms. The molecule has 2 atom stereocenters. The fraction of sp³-hybridized carbons (Fsp3) is 0.367. The number of carbonyl (C=O) groups excluding carboxylic acids is 1. The zero-order chi connectivity index (χ0) is 26.2. The van der Waals surface area contributed by atoms with Gasteiger partial charge in [-0.15, -0.1) is 0 Å². The van der Waals surface area contributed by atoms with Gasteiger partial charge < -0.3 is 15.0 Å². The Labute approximate surface area is 213 Å². The van der Waals surface area contributed by atoms with Gasteiger partial charge in [0.2, 0.25) is 5.91 Å². The first-order valence-corrected chi connectivity index (χ1v) is 12.5. The first kappa shape index (κ1) is 26.9. The molecule has 1 unspecified atom stereocenters. The zero-order valence-electron chi connectivity index (χ0n) is 21.6. The average molecular weight is 489 g/mol. The van der Waals surface area contributed by atoms with Crippen molar-refractivity contribution in [2.75, 3.05) is 0 Å². The molecule has 1 amide bonds. The van der Waals surface area contributed by atoms with Crippen LogP contribution < -0.4 is 10.9 Å². The predicted molar refractivity (Wildman–Crippen MR) is 142 cm³/mol. The highest BCUT2D eigenvalue weighted by atomic mass is 16.4. The second kappa shape index (κ2) is 12.3. The number of aryl methyl sites for hydroxylation is 3. The summed E-state index contributed by atoms with van der Waals surface area (Å²) in [6, 6.07) is 16.0. The molecular formula is C30H36N2O4. The maximum atomic E-state index is 13.7. The van der Waals surface area contributed by atoms with Gasteiger partial charge in [0.15, 0.2) is 0 Å². The first-order valence-electron chi connectivity index (χ1n) is 12.5. The molecule has 6 nitrogen and oxygen atoms in total. The summed E-state index contributed by atoms with van der Waals surface area (Å²) in [5.41, 5.74) is 5.10. The number of carboxylic acids is 1. The molecule has 3 aromatic rings. The summed E-state index contributed by atoms with van der Waals surface area (Å²) in [7, 11) is 0. The van der Waals surface area contributed by atoms with Crippen LogP contribution in [0.2, 0.25) is 0 Å². The van der Waals surface area contributed by atoms with Crippen LogP contribution in [0.3, 0.4) is 0 Å². The van der Waals surface area contributed by atoms with Crippen molar-refractivity contribution in [3.8, 4) is 0 Å². The van der Waals surface area contributed by atoms with E-state index in [4.69, 9.17) is 0 Å². The largest absolute Gasteiger partial charge is 0.481 e. The first-order chi connectivity index (χ1) is 17.2. The maximum Gasteiger partial charge on any atom is 0.305 e. The van der Waals surface area contributed by atoms with Crippen molar-refractivity contribution >= 4 is 11.9 Å². The molecule has 0 saturated carbocycles. The summed E-state index contributed by atoms with van der Waals surface area (Å²) in [6.45, 7) is 7.85. The number of nitrogens with one attached hydrogen (secondary N) is 1. The van der Waals surface area contributed by atoms with Gasteiger partial charge in [-0.2, -0.15) is 0 Å². The maximum absolute atomic E-state index is 13.7. The van der Waals surface area contributed by atoms with Crippen LogP contribution in [0.25, 0.3) is 0 Å². The fourth-order valence-electron chi connectivity index (χ4n) is 4.69. The molecule has 1 heterocycles. The topological polar surface area (TPSA) is 88.4 Å². The Morgan fingerprint density at radius 1 is 0.972 bits per heavy atom. The van der Waals surface area contributed by atoms with Gasteiger partial charge in [0.05, 0.1) is 12.5 Å². The number of hydrogen-bond acceptors (Lipinski definition) is 3. The number of hydrogen-bond donors (Lipinski definition) is 2. The molecule has 3 rings (SSSR count). The molecule has 6 heteroatoms. The third-order valence-corrected chi connectivity index (χ3v) is 6.30. The Bertz CT molecular complexity index is 1240. The Morgan fingerprint density at radius 2 is 1.64 bits per heavy atom. The van der Waals surface area contributed by atoms with Crippen LogP contribution in [0.5, 0.6) is 0 Å². The summed E-state index contributed by atoms with van der Waals surface area (Å²) < 4.78 is 1.54. The van der Waals surface area contributed by atoms with Gasteiger partial charge in [-0.1, -0.05) is 79.4 Å². The molecule has 190 valence electrons. The molecule has 0 aliphatic rings. The minimum Gasteiger partial charge on any atom is -0.481 e. The van der Waals surface area contributed by atoms with Crippen LogP contribution in [-0.4, -0.2) is 21.6 Å². The number of pyridine rings is 1. The Morgan fingerprint density at radius 3 is 2.25 bits per heavy atom. The van der Waals surface area contributed by atoms with Gasteiger partial charge in [-0.3, -0.25) is 14.4 Å². The highest BCUT2D eigenvalue weighted by Crippen LogP contribution is 2.23. The zero-order valence-corrected chi connectivity index (χ0v) is 21.6. The normalized spacial score (nSPS) is 12.7. The number of benzene rings is 2. The molecule has 0 aliphatic heterocycles. The third-order valence-electron chi connectivity index (χ3n) is 6.30. The van der Waals surface area contributed by atoms with E-state index in [-0.39, 0.29) is 17.9 Å². The van der Waals surface area contributed by atoms with Gasteiger partial charge in [-0.25, -0.2) is 0 Å². The Kier molecular flexibility index (Phi) is 9.23. The number of rotatable bonds is 11. The highest BCUT2D eigenvalue weighted by molar-refractivity contribution is 5.81. The lowest BCUT2D eigenvalue weighted by Gasteiger charge is -2.25. The second-order valence-corrected chi connectivity index (χ2v) is 9.66. The molecule has 0 radical (unpaired) electrons. The number of aromatic nitrogens is 1. The van der Waals surface area contributed by atoms with Crippen LogP contribution in [0.1, 0.15) is 78.1 Å². The summed E-state index contributed by atoms with van der Waals surface area (Å²) in [5.74, 6) is -1.34. The van der Waals surface area contributed by atoms with E-state index in [1.165, 1.54) is 4.57 Å². The van der Waals surface area contributed by atoms with E-state index in [9.17, 15) is 19.5 Å². The van der Waals surface area contributed by atoms with Crippen LogP contribution in [0.15, 0.2) is 65.6 Å². The molecular weight excluding hydrogens is 452 g/mol. The Balaban J connectivity index is 1.98. The summed E-state index contributed by atoms with van der Waals surface area (Å²) >= 11 is 0. The van der Waals surface area contributed by atoms with E-state index in [1.54, 1.807) is 6.20 Å². The van der Waals surface area contributed by atoms with Crippen LogP contribution >= 0.6 is 0 Å². The van der Waals surface area contributed by atoms with E-state index in [0.29, 0.717) is 18.4 Å². The van der Waals surface area contributed by atoms with Crippen molar-refractivity contribution in [2.45, 2.75) is 71.9 Å². The van der Waals surface area contributed by atoms with Gasteiger partial charge in [0.25, 0.3) is 5.56 Å². The minimum absolute atomic E-state index is 0.193. The number of aliphatic carboxylic acids is 1. The van der Waals surface area contributed by atoms with Crippen LogP contribution in [-0.2, 0) is 16.0 Å². The van der Waals surface area contributed by atoms with Gasteiger partial charge in [0, 0.05) is 18.2 Å². The van der Waals surface area contributed by atoms with E-state index in [1.807, 2.05) is 82.3 Å². The lowest BCUT2D eigenvalue weighted by Crippen LogP contribution is -2.40. The second-order valence-electron chi connectivity index (χ2n) is 9.66. The van der Waals surface area contributed by atoms with E-state index >= 15 is 0 Å². The van der Waals surface area contributed by atoms with E-state index < -0.39 is 18.1 Å². The molecule has 0 bridgehead atoms. The van der Waals surface area contributed by atoms with Gasteiger partial charge >= 0.3 is 5.97 Å². The molecule has 0 saturated heterocycles. The van der Waals surface area contributed by atoms with Gasteiger partial charge in [0.1, 0.15) is 6.04 Å². The summed E-state index contributed by atoms with van der Waals surface area (Å²) in [4.78, 5) is 38.9. The number of unbranched alkanes of at least 4 members (excludes halogenated alkanes) is 1. The summed E-state index contributed by atoms with van der Waals surface area (Å²) in [5, 5.41) is 12.5. The van der Waals surface area contributed by atoms with Crippen molar-refractivity contribution in [1.29, 1.82) is 0 Å². The number of carbonyl (C=O) groups is 2. The molecule has 0 aliphatic carbocycles. The lowest BCUT2D eigenvalue weighted by atomic mass is 9.98. The van der Waals surface area contributed by atoms with E-state index in [0.717, 1.165) is 40.7 Å². The minimum atomic E-state index is -0.998. The number of carboxylic acid groups (broad SMARTS) is 1. The van der Waals surface area contributed by atoms with E-state index in [2.05, 4.69) is 5.32 Å². The lowest BCUT2D eigenvalue weighted by molar-refractivity contribution is -0.138.